The van der Waals surface area contributed by atoms with Gasteiger partial charge in [0.05, 0.1) is 12.1 Å². The lowest BCUT2D eigenvalue weighted by Gasteiger charge is -2.33. The number of nitrogens with zero attached hydrogens (tertiary/aromatic N) is 1. The number of carbonyl (C=O) groups excluding carboxylic acids is 2. The van der Waals surface area contributed by atoms with Gasteiger partial charge in [-0.1, -0.05) is 24.3 Å². The second-order valence-corrected chi connectivity index (χ2v) is 5.40. The number of nitrogens with one attached hydrogen (secondary N) is 2. The van der Waals surface area contributed by atoms with Crippen molar-refractivity contribution in [1.29, 1.82) is 0 Å². The molecule has 2 heterocycles. The van der Waals surface area contributed by atoms with E-state index in [0.29, 0.717) is 12.0 Å². The summed E-state index contributed by atoms with van der Waals surface area (Å²) in [5.74, 6) is -0.897. The van der Waals surface area contributed by atoms with E-state index in [0.717, 1.165) is 0 Å². The smallest absolute Gasteiger partial charge is 0.270 e. The van der Waals surface area contributed by atoms with Gasteiger partial charge in [0.25, 0.3) is 5.91 Å². The van der Waals surface area contributed by atoms with Crippen molar-refractivity contribution in [3.63, 3.8) is 0 Å². The molecule has 2 unspecified atom stereocenters. The van der Waals surface area contributed by atoms with E-state index in [2.05, 4.69) is 15.6 Å². The van der Waals surface area contributed by atoms with Crippen molar-refractivity contribution in [2.75, 3.05) is 0 Å². The lowest BCUT2D eigenvalue weighted by Crippen LogP contribution is -2.50. The van der Waals surface area contributed by atoms with Crippen molar-refractivity contribution in [3.05, 3.63) is 65.7 Å². The average molecular weight is 313 g/mol. The molecule has 2 aromatic rings. The van der Waals surface area contributed by atoms with Gasteiger partial charge in [-0.05, 0) is 24.6 Å². The molecule has 118 valence electrons. The highest BCUT2D eigenvalue weighted by atomic mass is 19.1. The minimum absolute atomic E-state index is 0.151. The maximum absolute atomic E-state index is 14.1. The van der Waals surface area contributed by atoms with E-state index in [1.807, 2.05) is 0 Å². The highest BCUT2D eigenvalue weighted by Gasteiger charge is 2.32. The molecule has 1 aromatic heterocycles. The summed E-state index contributed by atoms with van der Waals surface area (Å²) in [5, 5.41) is 5.62. The third-order valence-corrected chi connectivity index (χ3v) is 3.86. The Kier molecular flexibility index (Phi) is 4.32. The van der Waals surface area contributed by atoms with Gasteiger partial charge in [-0.15, -0.1) is 0 Å². The van der Waals surface area contributed by atoms with Gasteiger partial charge in [-0.2, -0.15) is 0 Å². The number of aromatic nitrogens is 1. The highest BCUT2D eigenvalue weighted by Crippen LogP contribution is 2.26. The summed E-state index contributed by atoms with van der Waals surface area (Å²) in [6.45, 7) is 0. The number of pyridine rings is 1. The molecule has 1 aliphatic heterocycles. The van der Waals surface area contributed by atoms with Gasteiger partial charge in [-0.25, -0.2) is 4.39 Å². The summed E-state index contributed by atoms with van der Waals surface area (Å²) in [5.41, 5.74) is 0.656. The molecule has 23 heavy (non-hydrogen) atoms. The number of rotatable bonds is 3. The van der Waals surface area contributed by atoms with Crippen molar-refractivity contribution in [2.45, 2.75) is 24.9 Å². The SMILES string of the molecule is O=C1CCC(NC(=O)c2ccccn2)C(c2ccccc2F)N1. The molecule has 0 saturated carbocycles. The Morgan fingerprint density at radius 1 is 1.22 bits per heavy atom. The van der Waals surface area contributed by atoms with Crippen LogP contribution in [-0.4, -0.2) is 22.8 Å². The maximum Gasteiger partial charge on any atom is 0.270 e. The lowest BCUT2D eigenvalue weighted by atomic mass is 9.91. The first-order valence-corrected chi connectivity index (χ1v) is 7.41. The second-order valence-electron chi connectivity index (χ2n) is 5.40. The van der Waals surface area contributed by atoms with Gasteiger partial charge in [0.15, 0.2) is 0 Å². The van der Waals surface area contributed by atoms with E-state index in [9.17, 15) is 14.0 Å². The third-order valence-electron chi connectivity index (χ3n) is 3.86. The maximum atomic E-state index is 14.1. The number of hydrogen-bond acceptors (Lipinski definition) is 3. The molecular formula is C17H16FN3O2. The number of carbonyl (C=O) groups is 2. The first kappa shape index (κ1) is 15.1. The van der Waals surface area contributed by atoms with Crippen molar-refractivity contribution < 1.29 is 14.0 Å². The number of hydrogen-bond donors (Lipinski definition) is 2. The monoisotopic (exact) mass is 313 g/mol. The van der Waals surface area contributed by atoms with Crippen LogP contribution in [0.1, 0.15) is 34.9 Å². The van der Waals surface area contributed by atoms with Crippen LogP contribution in [0.4, 0.5) is 4.39 Å². The molecule has 1 saturated heterocycles. The zero-order valence-electron chi connectivity index (χ0n) is 12.3. The minimum atomic E-state index is -0.592. The molecule has 0 spiro atoms. The van der Waals surface area contributed by atoms with Gasteiger partial charge in [0.2, 0.25) is 5.91 Å². The fourth-order valence-corrected chi connectivity index (χ4v) is 2.72. The molecule has 3 rings (SSSR count). The Bertz CT molecular complexity index is 721. The molecule has 2 N–H and O–H groups in total. The van der Waals surface area contributed by atoms with Crippen LogP contribution in [-0.2, 0) is 4.79 Å². The molecule has 6 heteroatoms. The summed E-state index contributed by atoms with van der Waals surface area (Å²) in [4.78, 5) is 28.0. The van der Waals surface area contributed by atoms with Gasteiger partial charge in [0, 0.05) is 18.2 Å². The van der Waals surface area contributed by atoms with E-state index < -0.39 is 11.9 Å². The van der Waals surface area contributed by atoms with E-state index >= 15 is 0 Å². The Morgan fingerprint density at radius 2 is 2.00 bits per heavy atom. The van der Waals surface area contributed by atoms with Crippen LogP contribution < -0.4 is 10.6 Å². The topological polar surface area (TPSA) is 71.1 Å². The average Bonchev–Trinajstić information content (AvgIpc) is 2.58. The van der Waals surface area contributed by atoms with Crippen molar-refractivity contribution in [1.82, 2.24) is 15.6 Å². The summed E-state index contributed by atoms with van der Waals surface area (Å²) in [6.07, 6.45) is 2.27. The quantitative estimate of drug-likeness (QED) is 0.910. The third kappa shape index (κ3) is 3.36. The van der Waals surface area contributed by atoms with Gasteiger partial charge >= 0.3 is 0 Å². The molecule has 1 aliphatic rings. The molecule has 5 nitrogen and oxygen atoms in total. The molecule has 0 aliphatic carbocycles. The summed E-state index contributed by atoms with van der Waals surface area (Å²) in [7, 11) is 0. The van der Waals surface area contributed by atoms with Crippen LogP contribution >= 0.6 is 0 Å². The Labute approximate surface area is 132 Å². The number of amides is 2. The largest absolute Gasteiger partial charge is 0.347 e. The predicted molar refractivity (Wildman–Crippen MR) is 82.0 cm³/mol. The fraction of sp³-hybridized carbons (Fsp3) is 0.235. The summed E-state index contributed by atoms with van der Waals surface area (Å²) >= 11 is 0. The normalized spacial score (nSPS) is 20.7. The standard InChI is InChI=1S/C17H16FN3O2/c18-12-6-2-1-5-11(12)16-13(8-9-15(22)21-16)20-17(23)14-7-3-4-10-19-14/h1-7,10,13,16H,8-9H2,(H,20,23)(H,21,22). The Morgan fingerprint density at radius 3 is 2.74 bits per heavy atom. The van der Waals surface area contributed by atoms with E-state index in [4.69, 9.17) is 0 Å². The van der Waals surface area contributed by atoms with Crippen LogP contribution in [0.25, 0.3) is 0 Å². The lowest BCUT2D eigenvalue weighted by molar-refractivity contribution is -0.123. The molecular weight excluding hydrogens is 297 g/mol. The highest BCUT2D eigenvalue weighted by molar-refractivity contribution is 5.92. The molecule has 0 radical (unpaired) electrons. The van der Waals surface area contributed by atoms with E-state index in [1.165, 1.54) is 12.3 Å². The zero-order valence-corrected chi connectivity index (χ0v) is 12.3. The number of piperidine rings is 1. The summed E-state index contributed by atoms with van der Waals surface area (Å²) in [6, 6.07) is 10.3. The van der Waals surface area contributed by atoms with Gasteiger partial charge < -0.3 is 10.6 Å². The second kappa shape index (κ2) is 6.56. The summed E-state index contributed by atoms with van der Waals surface area (Å²) < 4.78 is 14.1. The van der Waals surface area contributed by atoms with Crippen LogP contribution in [0.15, 0.2) is 48.7 Å². The Balaban J connectivity index is 1.83. The van der Waals surface area contributed by atoms with Crippen LogP contribution in [0.2, 0.25) is 0 Å². The Hall–Kier alpha value is -2.76. The first-order chi connectivity index (χ1) is 11.1. The van der Waals surface area contributed by atoms with Crippen LogP contribution in [0.5, 0.6) is 0 Å². The van der Waals surface area contributed by atoms with Gasteiger partial charge in [-0.3, -0.25) is 14.6 Å². The minimum Gasteiger partial charge on any atom is -0.347 e. The number of halogens is 1. The molecule has 2 amide bonds. The predicted octanol–water partition coefficient (Wildman–Crippen LogP) is 1.97. The van der Waals surface area contributed by atoms with Crippen molar-refractivity contribution >= 4 is 11.8 Å². The molecule has 1 fully saturated rings. The van der Waals surface area contributed by atoms with Gasteiger partial charge in [0.1, 0.15) is 11.5 Å². The zero-order chi connectivity index (χ0) is 16.2. The number of benzene rings is 1. The van der Waals surface area contributed by atoms with E-state index in [1.54, 1.807) is 36.4 Å². The van der Waals surface area contributed by atoms with Crippen LogP contribution in [0, 0.1) is 5.82 Å². The van der Waals surface area contributed by atoms with Crippen molar-refractivity contribution in [3.8, 4) is 0 Å². The fourth-order valence-electron chi connectivity index (χ4n) is 2.72. The first-order valence-electron chi connectivity index (χ1n) is 7.41. The van der Waals surface area contributed by atoms with Crippen molar-refractivity contribution in [2.24, 2.45) is 0 Å². The molecule has 2 atom stereocenters. The van der Waals surface area contributed by atoms with Crippen LogP contribution in [0.3, 0.4) is 0 Å². The molecule has 1 aromatic carbocycles. The molecule has 0 bridgehead atoms. The van der Waals surface area contributed by atoms with E-state index in [-0.39, 0.29) is 30.0 Å².